The van der Waals surface area contributed by atoms with Crippen molar-refractivity contribution in [3.05, 3.63) is 65.2 Å². The summed E-state index contributed by atoms with van der Waals surface area (Å²) in [5.41, 5.74) is 8.04. The zero-order chi connectivity index (χ0) is 14.1. The molecule has 2 unspecified atom stereocenters. The van der Waals surface area contributed by atoms with Gasteiger partial charge in [0.2, 0.25) is 0 Å². The minimum atomic E-state index is -2.45. The molecule has 104 valence electrons. The molecule has 3 rings (SSSR count). The number of hydrogen-bond acceptors (Lipinski definition) is 2. The fourth-order valence-corrected chi connectivity index (χ4v) is 2.51. The van der Waals surface area contributed by atoms with Gasteiger partial charge in [0.05, 0.1) is 0 Å². The molecule has 2 aromatic rings. The second-order valence-corrected chi connectivity index (χ2v) is 4.95. The van der Waals surface area contributed by atoms with Crippen LogP contribution in [0.5, 0.6) is 5.75 Å². The lowest BCUT2D eigenvalue weighted by molar-refractivity contribution is 0.150. The van der Waals surface area contributed by atoms with E-state index in [1.54, 1.807) is 12.1 Å². The van der Waals surface area contributed by atoms with E-state index in [1.165, 1.54) is 12.1 Å². The first-order valence-electron chi connectivity index (χ1n) is 6.54. The van der Waals surface area contributed by atoms with Crippen LogP contribution in [0, 0.1) is 0 Å². The minimum absolute atomic E-state index is 0.0225. The van der Waals surface area contributed by atoms with Crippen LogP contribution in [0.2, 0.25) is 0 Å². The van der Waals surface area contributed by atoms with Crippen molar-refractivity contribution in [2.75, 3.05) is 0 Å². The second kappa shape index (κ2) is 5.21. The molecular weight excluding hydrogens is 260 g/mol. The monoisotopic (exact) mass is 275 g/mol. The van der Waals surface area contributed by atoms with Gasteiger partial charge in [-0.05, 0) is 11.6 Å². The number of fused-ring (bicyclic) bond motifs is 1. The number of alkyl halides is 2. The zero-order valence-corrected chi connectivity index (χ0v) is 10.8. The average Bonchev–Trinajstić information content (AvgIpc) is 2.47. The van der Waals surface area contributed by atoms with Crippen LogP contribution in [-0.4, -0.2) is 0 Å². The lowest BCUT2D eigenvalue weighted by Crippen LogP contribution is -2.24. The van der Waals surface area contributed by atoms with E-state index in [-0.39, 0.29) is 17.7 Å². The minimum Gasteiger partial charge on any atom is -0.485 e. The van der Waals surface area contributed by atoms with Gasteiger partial charge >= 0.3 is 0 Å². The smallest absolute Gasteiger partial charge is 0.263 e. The number of halogens is 2. The normalized spacial score (nSPS) is 21.4. The molecule has 20 heavy (non-hydrogen) atoms. The van der Waals surface area contributed by atoms with Crippen LogP contribution in [0.25, 0.3) is 0 Å². The van der Waals surface area contributed by atoms with E-state index in [0.717, 1.165) is 16.9 Å². The third-order valence-corrected chi connectivity index (χ3v) is 3.62. The summed E-state index contributed by atoms with van der Waals surface area (Å²) in [5, 5.41) is 0. The topological polar surface area (TPSA) is 35.2 Å². The van der Waals surface area contributed by atoms with Crippen molar-refractivity contribution in [2.24, 2.45) is 5.73 Å². The Bertz CT molecular complexity index is 598. The molecule has 0 saturated carbocycles. The average molecular weight is 275 g/mol. The Balaban J connectivity index is 1.86. The molecule has 0 saturated heterocycles. The summed E-state index contributed by atoms with van der Waals surface area (Å²) >= 11 is 0. The van der Waals surface area contributed by atoms with Crippen molar-refractivity contribution >= 4 is 0 Å². The molecule has 0 amide bonds. The van der Waals surface area contributed by atoms with Gasteiger partial charge in [0.15, 0.2) is 0 Å². The highest BCUT2D eigenvalue weighted by Gasteiger charge is 2.26. The lowest BCUT2D eigenvalue weighted by Gasteiger charge is -2.30. The number of hydrogen-bond donors (Lipinski definition) is 1. The number of benzene rings is 2. The molecule has 0 aromatic heterocycles. The van der Waals surface area contributed by atoms with E-state index in [2.05, 4.69) is 0 Å². The Hall–Kier alpha value is -1.94. The van der Waals surface area contributed by atoms with Crippen LogP contribution in [0.4, 0.5) is 8.78 Å². The Morgan fingerprint density at radius 2 is 1.75 bits per heavy atom. The number of nitrogens with two attached hydrogens (primary N) is 1. The maximum absolute atomic E-state index is 12.5. The predicted octanol–water partition coefficient (Wildman–Crippen LogP) is 4.15. The van der Waals surface area contributed by atoms with E-state index >= 15 is 0 Å². The molecule has 0 fully saturated rings. The van der Waals surface area contributed by atoms with E-state index in [1.807, 2.05) is 24.3 Å². The molecule has 1 heterocycles. The van der Waals surface area contributed by atoms with Crippen LogP contribution in [0.1, 0.15) is 41.7 Å². The summed E-state index contributed by atoms with van der Waals surface area (Å²) in [6.45, 7) is 0. The highest BCUT2D eigenvalue weighted by Crippen LogP contribution is 2.39. The van der Waals surface area contributed by atoms with E-state index in [0.29, 0.717) is 6.42 Å². The van der Waals surface area contributed by atoms with Crippen LogP contribution in [-0.2, 0) is 0 Å². The third kappa shape index (κ3) is 2.39. The first-order chi connectivity index (χ1) is 9.65. The molecule has 0 radical (unpaired) electrons. The van der Waals surface area contributed by atoms with Crippen molar-refractivity contribution < 1.29 is 13.5 Å². The van der Waals surface area contributed by atoms with Gasteiger partial charge in [-0.25, -0.2) is 8.78 Å². The lowest BCUT2D eigenvalue weighted by atomic mass is 9.93. The van der Waals surface area contributed by atoms with Crippen molar-refractivity contribution in [3.63, 3.8) is 0 Å². The SMILES string of the molecule is NC1CC(c2ccc(C(F)F)cc2)Oc2ccccc21. The first kappa shape index (κ1) is 13.1. The van der Waals surface area contributed by atoms with Crippen LogP contribution in [0.3, 0.4) is 0 Å². The number of ether oxygens (including phenoxy) is 1. The molecule has 2 atom stereocenters. The Kier molecular flexibility index (Phi) is 3.40. The maximum atomic E-state index is 12.5. The Morgan fingerprint density at radius 3 is 2.45 bits per heavy atom. The van der Waals surface area contributed by atoms with Crippen molar-refractivity contribution in [1.82, 2.24) is 0 Å². The third-order valence-electron chi connectivity index (χ3n) is 3.62. The summed E-state index contributed by atoms with van der Waals surface area (Å²) in [5.74, 6) is 0.772. The van der Waals surface area contributed by atoms with Gasteiger partial charge in [-0.1, -0.05) is 42.5 Å². The van der Waals surface area contributed by atoms with Crippen molar-refractivity contribution in [3.8, 4) is 5.75 Å². The molecule has 4 heteroatoms. The van der Waals surface area contributed by atoms with E-state index < -0.39 is 6.43 Å². The maximum Gasteiger partial charge on any atom is 0.263 e. The van der Waals surface area contributed by atoms with Gasteiger partial charge in [0.1, 0.15) is 11.9 Å². The zero-order valence-electron chi connectivity index (χ0n) is 10.8. The van der Waals surface area contributed by atoms with Gasteiger partial charge < -0.3 is 10.5 Å². The van der Waals surface area contributed by atoms with Crippen molar-refractivity contribution in [2.45, 2.75) is 25.0 Å². The van der Waals surface area contributed by atoms with E-state index in [9.17, 15) is 8.78 Å². The van der Waals surface area contributed by atoms with Gasteiger partial charge in [-0.2, -0.15) is 0 Å². The summed E-state index contributed by atoms with van der Waals surface area (Å²) < 4.78 is 31.0. The number of rotatable bonds is 2. The predicted molar refractivity (Wildman–Crippen MR) is 72.8 cm³/mol. The Labute approximate surface area is 116 Å². The van der Waals surface area contributed by atoms with Gasteiger partial charge in [-0.15, -0.1) is 0 Å². The van der Waals surface area contributed by atoms with Gasteiger partial charge in [-0.3, -0.25) is 0 Å². The fourth-order valence-electron chi connectivity index (χ4n) is 2.51. The summed E-state index contributed by atoms with van der Waals surface area (Å²) in [6, 6.07) is 13.8. The second-order valence-electron chi connectivity index (χ2n) is 4.95. The summed E-state index contributed by atoms with van der Waals surface area (Å²) in [4.78, 5) is 0. The van der Waals surface area contributed by atoms with Crippen molar-refractivity contribution in [1.29, 1.82) is 0 Å². The molecule has 1 aliphatic rings. The molecule has 2 aromatic carbocycles. The molecular formula is C16H15F2NO. The highest BCUT2D eigenvalue weighted by atomic mass is 19.3. The molecule has 2 nitrogen and oxygen atoms in total. The highest BCUT2D eigenvalue weighted by molar-refractivity contribution is 5.39. The number of para-hydroxylation sites is 1. The standard InChI is InChI=1S/C16H15F2NO/c17-16(18)11-7-5-10(6-8-11)15-9-13(19)12-3-1-2-4-14(12)20-15/h1-8,13,15-16H,9,19H2. The van der Waals surface area contributed by atoms with Gasteiger partial charge in [0.25, 0.3) is 6.43 Å². The van der Waals surface area contributed by atoms with Gasteiger partial charge in [0, 0.05) is 23.6 Å². The van der Waals surface area contributed by atoms with Crippen LogP contribution < -0.4 is 10.5 Å². The molecule has 1 aliphatic heterocycles. The molecule has 2 N–H and O–H groups in total. The fraction of sp³-hybridized carbons (Fsp3) is 0.250. The summed E-state index contributed by atoms with van der Waals surface area (Å²) in [6.07, 6.45) is -1.99. The molecule has 0 spiro atoms. The molecule has 0 bridgehead atoms. The molecule has 0 aliphatic carbocycles. The Morgan fingerprint density at radius 1 is 1.05 bits per heavy atom. The van der Waals surface area contributed by atoms with Crippen LogP contribution in [0.15, 0.2) is 48.5 Å². The quantitative estimate of drug-likeness (QED) is 0.893. The largest absolute Gasteiger partial charge is 0.485 e. The van der Waals surface area contributed by atoms with E-state index in [4.69, 9.17) is 10.5 Å². The summed E-state index contributed by atoms with van der Waals surface area (Å²) in [7, 11) is 0. The first-order valence-corrected chi connectivity index (χ1v) is 6.54. The van der Waals surface area contributed by atoms with Crippen LogP contribution >= 0.6 is 0 Å².